The quantitative estimate of drug-likeness (QED) is 0.675. The second-order valence-corrected chi connectivity index (χ2v) is 9.93. The van der Waals surface area contributed by atoms with Crippen LogP contribution >= 0.6 is 0 Å². The summed E-state index contributed by atoms with van der Waals surface area (Å²) in [6.45, 7) is 4.34. The Labute approximate surface area is 185 Å². The number of benzene rings is 2. The van der Waals surface area contributed by atoms with Crippen LogP contribution in [0.1, 0.15) is 31.7 Å². The largest absolute Gasteiger partial charge is 0.481 e. The molecule has 0 aromatic heterocycles. The van der Waals surface area contributed by atoms with Gasteiger partial charge in [-0.15, -0.1) is 0 Å². The molecule has 1 N–H and O–H groups in total. The van der Waals surface area contributed by atoms with Gasteiger partial charge in [-0.05, 0) is 68.1 Å². The molecule has 1 atom stereocenters. The van der Waals surface area contributed by atoms with Crippen molar-refractivity contribution in [2.24, 2.45) is 0 Å². The summed E-state index contributed by atoms with van der Waals surface area (Å²) in [5.41, 5.74) is 2.80. The molecule has 168 valence electrons. The number of carbonyl (C=O) groups excluding carboxylic acids is 1. The van der Waals surface area contributed by atoms with Crippen LogP contribution < -0.4 is 19.3 Å². The fourth-order valence-electron chi connectivity index (χ4n) is 3.49. The topological polar surface area (TPSA) is 78.9 Å². The third kappa shape index (κ3) is 6.37. The lowest BCUT2D eigenvalue weighted by Gasteiger charge is -2.28. The summed E-state index contributed by atoms with van der Waals surface area (Å²) < 4.78 is 30.1. The highest BCUT2D eigenvalue weighted by molar-refractivity contribution is 7.92. The maximum atomic E-state index is 12.4. The summed E-state index contributed by atoms with van der Waals surface area (Å²) in [6.07, 6.45) is 4.26. The first-order chi connectivity index (χ1) is 14.7. The van der Waals surface area contributed by atoms with Crippen LogP contribution in [0.2, 0.25) is 0 Å². The van der Waals surface area contributed by atoms with Crippen molar-refractivity contribution in [1.82, 2.24) is 5.32 Å². The molecule has 0 spiro atoms. The summed E-state index contributed by atoms with van der Waals surface area (Å²) >= 11 is 0. The zero-order chi connectivity index (χ0) is 22.4. The molecule has 0 radical (unpaired) electrons. The Morgan fingerprint density at radius 2 is 1.68 bits per heavy atom. The molecule has 0 saturated carbocycles. The molecule has 7 nitrogen and oxygen atoms in total. The minimum absolute atomic E-state index is 0.211. The molecule has 3 rings (SSSR count). The van der Waals surface area contributed by atoms with E-state index in [4.69, 9.17) is 4.74 Å². The highest BCUT2D eigenvalue weighted by Gasteiger charge is 2.16. The second-order valence-electron chi connectivity index (χ2n) is 7.92. The fraction of sp³-hybridized carbons (Fsp3) is 0.435. The minimum Gasteiger partial charge on any atom is -0.481 e. The Kier molecular flexibility index (Phi) is 7.43. The number of carbonyl (C=O) groups is 1. The Morgan fingerprint density at radius 1 is 1.06 bits per heavy atom. The van der Waals surface area contributed by atoms with Gasteiger partial charge >= 0.3 is 0 Å². The molecule has 1 heterocycles. The fourth-order valence-corrected chi connectivity index (χ4v) is 4.00. The lowest BCUT2D eigenvalue weighted by atomic mass is 10.1. The lowest BCUT2D eigenvalue weighted by Crippen LogP contribution is -2.36. The molecule has 1 aliphatic rings. The Hall–Kier alpha value is -2.74. The summed E-state index contributed by atoms with van der Waals surface area (Å²) in [5.74, 6) is 0.289. The van der Waals surface area contributed by atoms with Gasteiger partial charge in [-0.3, -0.25) is 9.10 Å². The van der Waals surface area contributed by atoms with Gasteiger partial charge in [0.1, 0.15) is 5.75 Å². The average Bonchev–Trinajstić information content (AvgIpc) is 2.77. The van der Waals surface area contributed by atoms with Gasteiger partial charge in [0.2, 0.25) is 10.0 Å². The third-order valence-corrected chi connectivity index (χ3v) is 6.71. The Morgan fingerprint density at radius 3 is 2.26 bits per heavy atom. The molecular formula is C23H31N3O4S. The SMILES string of the molecule is C[C@H](Oc1ccc(N(C)S(C)(=O)=O)cc1)C(=O)NCc1ccc(N2CCCCC2)cc1. The maximum Gasteiger partial charge on any atom is 0.261 e. The number of hydrogen-bond acceptors (Lipinski definition) is 5. The van der Waals surface area contributed by atoms with Gasteiger partial charge in [0, 0.05) is 32.4 Å². The molecule has 2 aromatic rings. The van der Waals surface area contributed by atoms with Crippen molar-refractivity contribution in [1.29, 1.82) is 0 Å². The number of nitrogens with one attached hydrogen (secondary N) is 1. The van der Waals surface area contributed by atoms with Crippen molar-refractivity contribution in [2.75, 3.05) is 35.6 Å². The van der Waals surface area contributed by atoms with E-state index in [0.717, 1.165) is 24.9 Å². The Balaban J connectivity index is 1.49. The average molecular weight is 446 g/mol. The number of rotatable bonds is 8. The molecule has 8 heteroatoms. The van der Waals surface area contributed by atoms with Crippen LogP contribution in [0.15, 0.2) is 48.5 Å². The van der Waals surface area contributed by atoms with Crippen LogP contribution in [0.25, 0.3) is 0 Å². The summed E-state index contributed by atoms with van der Waals surface area (Å²) in [6, 6.07) is 14.9. The van der Waals surface area contributed by atoms with Gasteiger partial charge in [0.05, 0.1) is 11.9 Å². The first-order valence-electron chi connectivity index (χ1n) is 10.6. The molecule has 1 amide bonds. The van der Waals surface area contributed by atoms with Crippen LogP contribution in [0, 0.1) is 0 Å². The summed E-state index contributed by atoms with van der Waals surface area (Å²) in [5, 5.41) is 2.90. The third-order valence-electron chi connectivity index (χ3n) is 5.50. The van der Waals surface area contributed by atoms with E-state index in [1.807, 2.05) is 12.1 Å². The molecule has 0 bridgehead atoms. The lowest BCUT2D eigenvalue weighted by molar-refractivity contribution is -0.127. The van der Waals surface area contributed by atoms with Crippen molar-refractivity contribution >= 4 is 27.3 Å². The number of amides is 1. The molecular weight excluding hydrogens is 414 g/mol. The normalized spacial score (nSPS) is 15.3. The van der Waals surface area contributed by atoms with E-state index in [9.17, 15) is 13.2 Å². The maximum absolute atomic E-state index is 12.4. The number of nitrogens with zero attached hydrogens (tertiary/aromatic N) is 2. The minimum atomic E-state index is -3.32. The molecule has 31 heavy (non-hydrogen) atoms. The number of ether oxygens (including phenoxy) is 1. The van der Waals surface area contributed by atoms with Crippen molar-refractivity contribution in [2.45, 2.75) is 38.8 Å². The van der Waals surface area contributed by atoms with Gasteiger partial charge in [-0.25, -0.2) is 8.42 Å². The van der Waals surface area contributed by atoms with Crippen molar-refractivity contribution in [3.8, 4) is 5.75 Å². The first-order valence-corrected chi connectivity index (χ1v) is 12.4. The van der Waals surface area contributed by atoms with E-state index in [-0.39, 0.29) is 5.91 Å². The zero-order valence-electron chi connectivity index (χ0n) is 18.4. The van der Waals surface area contributed by atoms with Gasteiger partial charge in [0.25, 0.3) is 5.91 Å². The van der Waals surface area contributed by atoms with Crippen LogP contribution in [-0.2, 0) is 21.4 Å². The van der Waals surface area contributed by atoms with Crippen LogP contribution in [0.5, 0.6) is 5.75 Å². The highest BCUT2D eigenvalue weighted by atomic mass is 32.2. The number of anilines is 2. The smallest absolute Gasteiger partial charge is 0.261 e. The molecule has 1 saturated heterocycles. The zero-order valence-corrected chi connectivity index (χ0v) is 19.2. The van der Waals surface area contributed by atoms with E-state index in [0.29, 0.717) is 18.0 Å². The molecule has 1 fully saturated rings. The van der Waals surface area contributed by atoms with Gasteiger partial charge in [-0.1, -0.05) is 12.1 Å². The second kappa shape index (κ2) is 10.0. The predicted octanol–water partition coefficient (Wildman–Crippen LogP) is 3.16. The van der Waals surface area contributed by atoms with Crippen LogP contribution in [0.3, 0.4) is 0 Å². The van der Waals surface area contributed by atoms with E-state index < -0.39 is 16.1 Å². The molecule has 0 aliphatic carbocycles. The first kappa shape index (κ1) is 22.9. The van der Waals surface area contributed by atoms with Gasteiger partial charge in [0.15, 0.2) is 6.10 Å². The van der Waals surface area contributed by atoms with Crippen molar-refractivity contribution in [3.63, 3.8) is 0 Å². The summed E-state index contributed by atoms with van der Waals surface area (Å²) in [7, 11) is -1.84. The molecule has 1 aliphatic heterocycles. The van der Waals surface area contributed by atoms with Crippen molar-refractivity contribution < 1.29 is 17.9 Å². The number of sulfonamides is 1. The van der Waals surface area contributed by atoms with Crippen LogP contribution in [0.4, 0.5) is 11.4 Å². The Bertz CT molecular complexity index is 969. The highest BCUT2D eigenvalue weighted by Crippen LogP contribution is 2.22. The van der Waals surface area contributed by atoms with E-state index in [2.05, 4.69) is 22.3 Å². The van der Waals surface area contributed by atoms with E-state index in [1.165, 1.54) is 36.3 Å². The van der Waals surface area contributed by atoms with E-state index >= 15 is 0 Å². The number of hydrogen-bond donors (Lipinski definition) is 1. The van der Waals surface area contributed by atoms with Gasteiger partial charge in [-0.2, -0.15) is 0 Å². The number of piperidine rings is 1. The van der Waals surface area contributed by atoms with E-state index in [1.54, 1.807) is 31.2 Å². The molecule has 2 aromatic carbocycles. The monoisotopic (exact) mass is 445 g/mol. The van der Waals surface area contributed by atoms with Crippen LogP contribution in [-0.4, -0.2) is 46.8 Å². The van der Waals surface area contributed by atoms with Gasteiger partial charge < -0.3 is 15.0 Å². The van der Waals surface area contributed by atoms with Crippen molar-refractivity contribution in [3.05, 3.63) is 54.1 Å². The molecule has 0 unspecified atom stereocenters. The predicted molar refractivity (Wildman–Crippen MR) is 124 cm³/mol. The summed E-state index contributed by atoms with van der Waals surface area (Å²) in [4.78, 5) is 14.8. The standard InChI is InChI=1S/C23H31N3O4S/c1-18(30-22-13-11-20(12-14-22)25(2)31(3,28)29)23(27)24-17-19-7-9-21(10-8-19)26-15-5-4-6-16-26/h7-14,18H,4-6,15-17H2,1-3H3,(H,24,27)/t18-/m0/s1.